The second kappa shape index (κ2) is 7.69. The van der Waals surface area contributed by atoms with Crippen molar-refractivity contribution in [3.05, 3.63) is 0 Å². The summed E-state index contributed by atoms with van der Waals surface area (Å²) in [5, 5.41) is 11.8. The van der Waals surface area contributed by atoms with E-state index in [1.54, 1.807) is 7.05 Å². The Labute approximate surface area is 93.3 Å². The summed E-state index contributed by atoms with van der Waals surface area (Å²) in [5.74, 6) is 0.443. The molecule has 0 rings (SSSR count). The fourth-order valence-corrected chi connectivity index (χ4v) is 2.08. The molecular formula is C12H25NO2. The van der Waals surface area contributed by atoms with E-state index in [1.165, 1.54) is 0 Å². The first-order chi connectivity index (χ1) is 7.01. The van der Waals surface area contributed by atoms with Crippen LogP contribution in [0.3, 0.4) is 0 Å². The molecule has 2 atom stereocenters. The Balaban J connectivity index is 4.17. The second-order valence-electron chi connectivity index (χ2n) is 4.70. The number of hydrogen-bond acceptors (Lipinski definition) is 2. The predicted molar refractivity (Wildman–Crippen MR) is 63.0 cm³/mol. The molecule has 0 bridgehead atoms. The third-order valence-electron chi connectivity index (χ3n) is 2.72. The Hall–Kier alpha value is -0.570. The van der Waals surface area contributed by atoms with Gasteiger partial charge in [-0.3, -0.25) is 4.79 Å². The highest BCUT2D eigenvalue weighted by Crippen LogP contribution is 2.22. The van der Waals surface area contributed by atoms with Crippen LogP contribution in [-0.2, 0) is 4.79 Å². The molecule has 0 aliphatic heterocycles. The molecule has 0 amide bonds. The zero-order valence-electron chi connectivity index (χ0n) is 10.4. The molecule has 0 aliphatic carbocycles. The molecule has 0 saturated carbocycles. The van der Waals surface area contributed by atoms with E-state index in [1.807, 2.05) is 0 Å². The maximum Gasteiger partial charge on any atom is 0.320 e. The van der Waals surface area contributed by atoms with E-state index < -0.39 is 5.97 Å². The Morgan fingerprint density at radius 3 is 2.27 bits per heavy atom. The fourth-order valence-electron chi connectivity index (χ4n) is 2.08. The van der Waals surface area contributed by atoms with Crippen LogP contribution < -0.4 is 5.32 Å². The van der Waals surface area contributed by atoms with Gasteiger partial charge in [0.1, 0.15) is 6.04 Å². The van der Waals surface area contributed by atoms with Gasteiger partial charge in [-0.15, -0.1) is 0 Å². The van der Waals surface area contributed by atoms with Crippen molar-refractivity contribution >= 4 is 5.97 Å². The SMILES string of the molecule is CCCC(CC(C)C)CC(NC)C(=O)O. The van der Waals surface area contributed by atoms with Crippen molar-refractivity contribution < 1.29 is 9.90 Å². The number of carboxylic acids is 1. The second-order valence-corrected chi connectivity index (χ2v) is 4.70. The van der Waals surface area contributed by atoms with Gasteiger partial charge in [-0.25, -0.2) is 0 Å². The van der Waals surface area contributed by atoms with Gasteiger partial charge in [0.15, 0.2) is 0 Å². The first-order valence-electron chi connectivity index (χ1n) is 5.91. The van der Waals surface area contributed by atoms with E-state index in [-0.39, 0.29) is 6.04 Å². The van der Waals surface area contributed by atoms with Gasteiger partial charge in [0.25, 0.3) is 0 Å². The van der Waals surface area contributed by atoms with E-state index in [4.69, 9.17) is 5.11 Å². The van der Waals surface area contributed by atoms with Gasteiger partial charge >= 0.3 is 5.97 Å². The van der Waals surface area contributed by atoms with Crippen molar-refractivity contribution in [1.29, 1.82) is 0 Å². The van der Waals surface area contributed by atoms with Crippen molar-refractivity contribution in [2.24, 2.45) is 11.8 Å². The molecule has 0 spiro atoms. The number of hydrogen-bond donors (Lipinski definition) is 2. The van der Waals surface area contributed by atoms with Crippen LogP contribution >= 0.6 is 0 Å². The lowest BCUT2D eigenvalue weighted by Crippen LogP contribution is -2.35. The summed E-state index contributed by atoms with van der Waals surface area (Å²) in [7, 11) is 1.72. The van der Waals surface area contributed by atoms with Crippen molar-refractivity contribution in [2.45, 2.75) is 52.5 Å². The lowest BCUT2D eigenvalue weighted by Gasteiger charge is -2.21. The third kappa shape index (κ3) is 6.50. The zero-order valence-corrected chi connectivity index (χ0v) is 10.4. The summed E-state index contributed by atoms with van der Waals surface area (Å²) >= 11 is 0. The van der Waals surface area contributed by atoms with E-state index in [2.05, 4.69) is 26.1 Å². The molecule has 90 valence electrons. The normalized spacial score (nSPS) is 15.3. The quantitative estimate of drug-likeness (QED) is 0.654. The topological polar surface area (TPSA) is 49.3 Å². The van der Waals surface area contributed by atoms with Crippen LogP contribution in [0.25, 0.3) is 0 Å². The maximum atomic E-state index is 10.9. The third-order valence-corrected chi connectivity index (χ3v) is 2.72. The maximum absolute atomic E-state index is 10.9. The summed E-state index contributed by atoms with van der Waals surface area (Å²) in [6, 6.07) is -0.389. The standard InChI is InChI=1S/C12H25NO2/c1-5-6-10(7-9(2)3)8-11(13-4)12(14)15/h9-11,13H,5-8H2,1-4H3,(H,14,15). The molecule has 0 aromatic carbocycles. The Morgan fingerprint density at radius 2 is 1.93 bits per heavy atom. The largest absolute Gasteiger partial charge is 0.480 e. The molecule has 2 N–H and O–H groups in total. The van der Waals surface area contributed by atoms with Gasteiger partial charge in [0, 0.05) is 0 Å². The molecule has 0 radical (unpaired) electrons. The summed E-state index contributed by atoms with van der Waals surface area (Å²) in [6.45, 7) is 6.54. The number of aliphatic carboxylic acids is 1. The lowest BCUT2D eigenvalue weighted by molar-refractivity contribution is -0.139. The first-order valence-corrected chi connectivity index (χ1v) is 5.91. The van der Waals surface area contributed by atoms with Crippen LogP contribution in [0.15, 0.2) is 0 Å². The summed E-state index contributed by atoms with van der Waals surface area (Å²) < 4.78 is 0. The van der Waals surface area contributed by atoms with Crippen LogP contribution in [0.5, 0.6) is 0 Å². The summed E-state index contributed by atoms with van der Waals surface area (Å²) in [6.07, 6.45) is 4.13. The first kappa shape index (κ1) is 14.4. The molecule has 0 aliphatic rings. The van der Waals surface area contributed by atoms with E-state index in [0.717, 1.165) is 25.7 Å². The van der Waals surface area contributed by atoms with Crippen molar-refractivity contribution in [2.75, 3.05) is 7.05 Å². The average molecular weight is 215 g/mol. The van der Waals surface area contributed by atoms with E-state index in [9.17, 15) is 4.79 Å². The van der Waals surface area contributed by atoms with Crippen molar-refractivity contribution in [3.8, 4) is 0 Å². The number of nitrogens with one attached hydrogen (secondary N) is 1. The average Bonchev–Trinajstić information content (AvgIpc) is 2.12. The van der Waals surface area contributed by atoms with Gasteiger partial charge in [0.2, 0.25) is 0 Å². The minimum atomic E-state index is -0.734. The highest BCUT2D eigenvalue weighted by molar-refractivity contribution is 5.73. The highest BCUT2D eigenvalue weighted by Gasteiger charge is 2.20. The Morgan fingerprint density at radius 1 is 1.33 bits per heavy atom. The molecule has 3 heteroatoms. The van der Waals surface area contributed by atoms with Gasteiger partial charge in [-0.1, -0.05) is 33.6 Å². The minimum Gasteiger partial charge on any atom is -0.480 e. The smallest absolute Gasteiger partial charge is 0.320 e. The highest BCUT2D eigenvalue weighted by atomic mass is 16.4. The van der Waals surface area contributed by atoms with Crippen LogP contribution in [0.1, 0.15) is 46.5 Å². The Kier molecular flexibility index (Phi) is 7.39. The van der Waals surface area contributed by atoms with E-state index in [0.29, 0.717) is 11.8 Å². The van der Waals surface area contributed by atoms with E-state index >= 15 is 0 Å². The lowest BCUT2D eigenvalue weighted by atomic mass is 9.88. The number of carboxylic acid groups (broad SMARTS) is 1. The monoisotopic (exact) mass is 215 g/mol. The van der Waals surface area contributed by atoms with Crippen LogP contribution in [-0.4, -0.2) is 24.2 Å². The number of carbonyl (C=O) groups is 1. The fraction of sp³-hybridized carbons (Fsp3) is 0.917. The van der Waals surface area contributed by atoms with Crippen LogP contribution in [0.2, 0.25) is 0 Å². The molecule has 0 aromatic heterocycles. The number of likely N-dealkylation sites (N-methyl/N-ethyl adjacent to an activating group) is 1. The van der Waals surface area contributed by atoms with Crippen molar-refractivity contribution in [1.82, 2.24) is 5.32 Å². The molecule has 3 nitrogen and oxygen atoms in total. The van der Waals surface area contributed by atoms with Crippen molar-refractivity contribution in [3.63, 3.8) is 0 Å². The molecule has 0 saturated heterocycles. The van der Waals surface area contributed by atoms with Gasteiger partial charge in [-0.05, 0) is 31.7 Å². The van der Waals surface area contributed by atoms with Gasteiger partial charge in [0.05, 0.1) is 0 Å². The van der Waals surface area contributed by atoms with Crippen LogP contribution in [0.4, 0.5) is 0 Å². The Bertz CT molecular complexity index is 180. The minimum absolute atomic E-state index is 0.389. The van der Waals surface area contributed by atoms with Gasteiger partial charge < -0.3 is 10.4 Å². The van der Waals surface area contributed by atoms with Crippen LogP contribution in [0, 0.1) is 11.8 Å². The molecule has 0 aromatic rings. The van der Waals surface area contributed by atoms with Gasteiger partial charge in [-0.2, -0.15) is 0 Å². The zero-order chi connectivity index (χ0) is 11.8. The molecular weight excluding hydrogens is 190 g/mol. The summed E-state index contributed by atoms with van der Waals surface area (Å²) in [4.78, 5) is 10.9. The molecule has 2 unspecified atom stereocenters. The predicted octanol–water partition coefficient (Wildman–Crippen LogP) is 2.51. The summed E-state index contributed by atoms with van der Waals surface area (Å²) in [5.41, 5.74) is 0. The number of rotatable bonds is 8. The molecule has 15 heavy (non-hydrogen) atoms. The molecule has 0 heterocycles. The molecule has 0 fully saturated rings.